The van der Waals surface area contributed by atoms with Gasteiger partial charge in [0, 0.05) is 11.4 Å². The number of nitrogens with zero attached hydrogens (tertiary/aromatic N) is 3. The number of urea groups is 1. The number of carbonyl (C=O) groups excluding carboxylic acids is 2. The van der Waals surface area contributed by atoms with E-state index in [9.17, 15) is 9.59 Å². The van der Waals surface area contributed by atoms with Crippen molar-refractivity contribution < 1.29 is 9.59 Å². The number of carbonyl (C=O) groups is 2. The molecule has 0 spiro atoms. The summed E-state index contributed by atoms with van der Waals surface area (Å²) in [4.78, 5) is 24.0. The number of anilines is 3. The molecule has 0 saturated heterocycles. The van der Waals surface area contributed by atoms with Gasteiger partial charge in [-0.15, -0.1) is 10.2 Å². The van der Waals surface area contributed by atoms with Crippen LogP contribution in [0.4, 0.5) is 21.3 Å². The van der Waals surface area contributed by atoms with Gasteiger partial charge in [-0.3, -0.25) is 10.1 Å². The molecule has 1 heterocycles. The van der Waals surface area contributed by atoms with Crippen molar-refractivity contribution in [2.75, 3.05) is 21.7 Å². The molecule has 1 aromatic heterocycles. The van der Waals surface area contributed by atoms with Gasteiger partial charge in [0.25, 0.3) is 0 Å². The van der Waals surface area contributed by atoms with Gasteiger partial charge in [-0.05, 0) is 30.3 Å². The molecular weight excluding hydrogens is 396 g/mol. The van der Waals surface area contributed by atoms with Crippen LogP contribution in [-0.2, 0) is 4.79 Å². The summed E-state index contributed by atoms with van der Waals surface area (Å²) in [6, 6.07) is 17.2. The van der Waals surface area contributed by atoms with Gasteiger partial charge < -0.3 is 10.6 Å². The first-order chi connectivity index (χ1) is 13.6. The van der Waals surface area contributed by atoms with E-state index in [1.807, 2.05) is 24.3 Å². The highest BCUT2D eigenvalue weighted by Crippen LogP contribution is 2.25. The molecule has 8 nitrogen and oxygen atoms in total. The maximum atomic E-state index is 12.0. The Bertz CT molecular complexity index is 1020. The Morgan fingerprint density at radius 3 is 2.57 bits per heavy atom. The number of nitriles is 1. The van der Waals surface area contributed by atoms with Crippen molar-refractivity contribution in [1.82, 2.24) is 10.2 Å². The normalized spacial score (nSPS) is 9.96. The molecule has 3 rings (SSSR count). The molecule has 3 N–H and O–H groups in total. The fraction of sp³-hybridized carbons (Fsp3) is 0.0556. The number of para-hydroxylation sites is 1. The Labute approximate surface area is 169 Å². The molecule has 0 aliphatic carbocycles. The van der Waals surface area contributed by atoms with E-state index in [0.29, 0.717) is 20.7 Å². The van der Waals surface area contributed by atoms with Crippen LogP contribution in [0.1, 0.15) is 5.56 Å². The second kappa shape index (κ2) is 9.50. The summed E-state index contributed by atoms with van der Waals surface area (Å²) >= 11 is 2.39. The van der Waals surface area contributed by atoms with Crippen LogP contribution in [0.5, 0.6) is 0 Å². The molecule has 0 aliphatic heterocycles. The molecule has 3 amide bonds. The molecule has 2 aromatic carbocycles. The number of hydrogen-bond acceptors (Lipinski definition) is 7. The number of thioether (sulfide) groups is 1. The predicted molar refractivity (Wildman–Crippen MR) is 110 cm³/mol. The van der Waals surface area contributed by atoms with E-state index in [-0.39, 0.29) is 11.7 Å². The number of aromatic nitrogens is 2. The number of amides is 3. The van der Waals surface area contributed by atoms with Crippen LogP contribution in [0.15, 0.2) is 58.9 Å². The lowest BCUT2D eigenvalue weighted by Crippen LogP contribution is -2.19. The second-order valence-electron chi connectivity index (χ2n) is 5.35. The molecular formula is C18H14N6O2S2. The van der Waals surface area contributed by atoms with Gasteiger partial charge in [-0.1, -0.05) is 47.4 Å². The van der Waals surface area contributed by atoms with E-state index in [4.69, 9.17) is 5.26 Å². The van der Waals surface area contributed by atoms with Gasteiger partial charge in [0.2, 0.25) is 11.0 Å². The zero-order valence-electron chi connectivity index (χ0n) is 14.4. The van der Waals surface area contributed by atoms with Crippen molar-refractivity contribution in [1.29, 1.82) is 5.26 Å². The molecule has 0 bridgehead atoms. The highest BCUT2D eigenvalue weighted by molar-refractivity contribution is 8.01. The van der Waals surface area contributed by atoms with Crippen molar-refractivity contribution in [3.8, 4) is 6.07 Å². The average molecular weight is 410 g/mol. The summed E-state index contributed by atoms with van der Waals surface area (Å²) in [5, 5.41) is 25.0. The number of nitrogens with one attached hydrogen (secondary N) is 3. The first-order valence-corrected chi connectivity index (χ1v) is 9.82. The van der Waals surface area contributed by atoms with Crippen LogP contribution < -0.4 is 16.0 Å². The zero-order valence-corrected chi connectivity index (χ0v) is 16.0. The molecule has 0 atom stereocenters. The third kappa shape index (κ3) is 5.80. The predicted octanol–water partition coefficient (Wildman–Crippen LogP) is 3.78. The Morgan fingerprint density at radius 1 is 1.00 bits per heavy atom. The standard InChI is InChI=1S/C18H14N6O2S2/c19-10-12-5-4-8-14(9-12)21-16(26)22-17-23-24-18(28-17)27-11-15(25)20-13-6-2-1-3-7-13/h1-9H,11H2,(H,20,25)(H2,21,22,23,26). The molecule has 0 saturated carbocycles. The minimum Gasteiger partial charge on any atom is -0.325 e. The van der Waals surface area contributed by atoms with Crippen LogP contribution >= 0.6 is 23.1 Å². The molecule has 0 aliphatic rings. The second-order valence-corrected chi connectivity index (χ2v) is 7.55. The lowest BCUT2D eigenvalue weighted by atomic mass is 10.2. The Kier molecular flexibility index (Phi) is 6.56. The summed E-state index contributed by atoms with van der Waals surface area (Å²) in [5.74, 6) is 0.0208. The smallest absolute Gasteiger partial charge is 0.325 e. The summed E-state index contributed by atoms with van der Waals surface area (Å²) in [5.41, 5.74) is 1.67. The lowest BCUT2D eigenvalue weighted by molar-refractivity contribution is -0.113. The molecule has 0 fully saturated rings. The summed E-state index contributed by atoms with van der Waals surface area (Å²) in [6.45, 7) is 0. The number of hydrogen-bond donors (Lipinski definition) is 3. The SMILES string of the molecule is N#Cc1cccc(NC(=O)Nc2nnc(SCC(=O)Nc3ccccc3)s2)c1. The topological polar surface area (TPSA) is 120 Å². The minimum atomic E-state index is -0.496. The van der Waals surface area contributed by atoms with Crippen molar-refractivity contribution in [2.45, 2.75) is 4.34 Å². The molecule has 28 heavy (non-hydrogen) atoms. The maximum Gasteiger partial charge on any atom is 0.325 e. The first-order valence-electron chi connectivity index (χ1n) is 8.02. The fourth-order valence-corrected chi connectivity index (χ4v) is 3.64. The van der Waals surface area contributed by atoms with Crippen LogP contribution in [0, 0.1) is 11.3 Å². The molecule has 0 radical (unpaired) electrons. The lowest BCUT2D eigenvalue weighted by Gasteiger charge is -2.04. The van der Waals surface area contributed by atoms with E-state index in [2.05, 4.69) is 26.1 Å². The number of rotatable bonds is 6. The van der Waals surface area contributed by atoms with Gasteiger partial charge >= 0.3 is 6.03 Å². The number of benzene rings is 2. The molecule has 10 heteroatoms. The largest absolute Gasteiger partial charge is 0.325 e. The fourth-order valence-electron chi connectivity index (χ4n) is 2.09. The first kappa shape index (κ1) is 19.3. The summed E-state index contributed by atoms with van der Waals surface area (Å²) in [6.07, 6.45) is 0. The quantitative estimate of drug-likeness (QED) is 0.420. The molecule has 0 unspecified atom stereocenters. The third-order valence-corrected chi connectivity index (χ3v) is 5.23. The van der Waals surface area contributed by atoms with Gasteiger partial charge in [-0.25, -0.2) is 4.79 Å². The van der Waals surface area contributed by atoms with Crippen molar-refractivity contribution in [3.05, 3.63) is 60.2 Å². The van der Waals surface area contributed by atoms with Gasteiger partial charge in [0.15, 0.2) is 4.34 Å². The third-order valence-electron chi connectivity index (χ3n) is 3.26. The summed E-state index contributed by atoms with van der Waals surface area (Å²) < 4.78 is 0.560. The average Bonchev–Trinajstić information content (AvgIpc) is 3.14. The van der Waals surface area contributed by atoms with Crippen LogP contribution in [0.2, 0.25) is 0 Å². The van der Waals surface area contributed by atoms with Crippen molar-refractivity contribution in [2.24, 2.45) is 0 Å². The maximum absolute atomic E-state index is 12.0. The van der Waals surface area contributed by atoms with E-state index < -0.39 is 6.03 Å². The van der Waals surface area contributed by atoms with Crippen LogP contribution in [-0.4, -0.2) is 27.9 Å². The molecule has 140 valence electrons. The Hall–Kier alpha value is -3.42. The van der Waals surface area contributed by atoms with Crippen LogP contribution in [0.3, 0.4) is 0 Å². The van der Waals surface area contributed by atoms with E-state index in [1.165, 1.54) is 11.8 Å². The monoisotopic (exact) mass is 410 g/mol. The Morgan fingerprint density at radius 2 is 1.79 bits per heavy atom. The minimum absolute atomic E-state index is 0.156. The Balaban J connectivity index is 1.47. The zero-order chi connectivity index (χ0) is 19.8. The van der Waals surface area contributed by atoms with E-state index in [0.717, 1.165) is 17.0 Å². The van der Waals surface area contributed by atoms with Gasteiger partial charge in [-0.2, -0.15) is 5.26 Å². The van der Waals surface area contributed by atoms with Crippen LogP contribution in [0.25, 0.3) is 0 Å². The summed E-state index contributed by atoms with van der Waals surface area (Å²) in [7, 11) is 0. The van der Waals surface area contributed by atoms with Gasteiger partial charge in [0.05, 0.1) is 17.4 Å². The molecule has 3 aromatic rings. The van der Waals surface area contributed by atoms with Gasteiger partial charge in [0.1, 0.15) is 0 Å². The van der Waals surface area contributed by atoms with Crippen molar-refractivity contribution in [3.63, 3.8) is 0 Å². The van der Waals surface area contributed by atoms with E-state index in [1.54, 1.807) is 36.4 Å². The highest BCUT2D eigenvalue weighted by atomic mass is 32.2. The van der Waals surface area contributed by atoms with Crippen molar-refractivity contribution >= 4 is 51.5 Å². The van der Waals surface area contributed by atoms with E-state index >= 15 is 0 Å². The highest BCUT2D eigenvalue weighted by Gasteiger charge is 2.11.